The molecule has 1 aliphatic rings. The number of nitrogens with zero attached hydrogens (tertiary/aromatic N) is 1. The number of carboxylic acids is 1. The molecule has 48 heavy (non-hydrogen) atoms. The molecular formula is C31H23Cl3F3NO9S. The van der Waals surface area contributed by atoms with Crippen LogP contribution in [0.1, 0.15) is 63.3 Å². The molecule has 1 aromatic heterocycles. The molecule has 4 aromatic rings. The SMILES string of the molecule is CS(=O)(=O)c1cc(Cl)ccc1C(=O)c1cnoc1C1CC1.C[C@H](OC(=O)c1cc(Oc2ccc(C(F)(F)F)cc2Cl)ccc1Cl)C(=O)O. The lowest BCUT2D eigenvalue weighted by molar-refractivity contribution is -0.146. The molecule has 1 N–H and O–H groups in total. The molecular weight excluding hydrogens is 726 g/mol. The molecule has 1 saturated carbocycles. The van der Waals surface area contributed by atoms with E-state index in [9.17, 15) is 36.0 Å². The number of carboxylic acid groups (broad SMARTS) is 1. The summed E-state index contributed by atoms with van der Waals surface area (Å²) < 4.78 is 77.0. The Labute approximate surface area is 286 Å². The molecule has 0 amide bonds. The summed E-state index contributed by atoms with van der Waals surface area (Å²) in [5.74, 6) is -2.05. The van der Waals surface area contributed by atoms with Gasteiger partial charge in [0.05, 0.1) is 37.8 Å². The van der Waals surface area contributed by atoms with E-state index in [0.29, 0.717) is 17.4 Å². The molecule has 0 saturated heterocycles. The van der Waals surface area contributed by atoms with E-state index in [1.807, 2.05) is 0 Å². The van der Waals surface area contributed by atoms with Crippen molar-refractivity contribution in [3.63, 3.8) is 0 Å². The Morgan fingerprint density at radius 3 is 2.23 bits per heavy atom. The highest BCUT2D eigenvalue weighted by Gasteiger charge is 2.34. The van der Waals surface area contributed by atoms with E-state index in [2.05, 4.69) is 5.16 Å². The van der Waals surface area contributed by atoms with Crippen molar-refractivity contribution in [3.8, 4) is 11.5 Å². The van der Waals surface area contributed by atoms with Crippen molar-refractivity contribution in [1.82, 2.24) is 5.16 Å². The standard InChI is InChI=1S/C17H11Cl2F3O5.C14H12ClNO4S/c1-8(15(23)24)26-16(25)11-7-10(3-4-12(11)18)27-14-5-2-9(6-13(14)19)17(20,21)22;1-21(18,19)12-6-9(15)4-5-10(12)13(17)11-7-16-20-14(11)8-2-3-8/h2-8H,1H3,(H,23,24);4-8H,2-3H2,1H3/t8-;/m0./s1. The number of ether oxygens (including phenoxy) is 2. The van der Waals surface area contributed by atoms with Gasteiger partial charge in [0, 0.05) is 22.8 Å². The zero-order valence-corrected chi connectivity index (χ0v) is 27.8. The highest BCUT2D eigenvalue weighted by Crippen LogP contribution is 2.42. The van der Waals surface area contributed by atoms with Crippen molar-refractivity contribution in [2.45, 2.75) is 42.9 Å². The lowest BCUT2D eigenvalue weighted by Gasteiger charge is -2.13. The van der Waals surface area contributed by atoms with Crippen LogP contribution in [0.15, 0.2) is 70.2 Å². The second kappa shape index (κ2) is 14.6. The van der Waals surface area contributed by atoms with Gasteiger partial charge in [-0.05, 0) is 74.4 Å². The lowest BCUT2D eigenvalue weighted by atomic mass is 10.0. The van der Waals surface area contributed by atoms with Crippen LogP contribution >= 0.6 is 34.8 Å². The normalized spacial score (nSPS) is 13.6. The van der Waals surface area contributed by atoms with Gasteiger partial charge in [0.15, 0.2) is 27.5 Å². The zero-order valence-electron chi connectivity index (χ0n) is 24.7. The summed E-state index contributed by atoms with van der Waals surface area (Å²) in [6.45, 7) is 1.16. The Morgan fingerprint density at radius 1 is 0.958 bits per heavy atom. The molecule has 0 spiro atoms. The Bertz CT molecular complexity index is 1990. The molecule has 1 fully saturated rings. The van der Waals surface area contributed by atoms with Crippen LogP contribution in [-0.4, -0.2) is 48.8 Å². The largest absolute Gasteiger partial charge is 0.479 e. The fourth-order valence-corrected chi connectivity index (χ4v) is 5.63. The number of halogens is 6. The average Bonchev–Trinajstić information content (AvgIpc) is 3.73. The maximum Gasteiger partial charge on any atom is 0.416 e. The van der Waals surface area contributed by atoms with E-state index in [1.165, 1.54) is 36.5 Å². The maximum atomic E-state index is 12.7. The fourth-order valence-electron chi connectivity index (χ4n) is 4.08. The summed E-state index contributed by atoms with van der Waals surface area (Å²) in [4.78, 5) is 35.3. The molecule has 0 aliphatic heterocycles. The number of aromatic nitrogens is 1. The monoisotopic (exact) mass is 747 g/mol. The average molecular weight is 749 g/mol. The van der Waals surface area contributed by atoms with E-state index in [4.69, 9.17) is 53.9 Å². The summed E-state index contributed by atoms with van der Waals surface area (Å²) in [5, 5.41) is 12.4. The van der Waals surface area contributed by atoms with E-state index < -0.39 is 45.4 Å². The number of ketones is 1. The smallest absolute Gasteiger partial charge is 0.416 e. The summed E-state index contributed by atoms with van der Waals surface area (Å²) >= 11 is 17.6. The molecule has 1 atom stereocenters. The van der Waals surface area contributed by atoms with Crippen LogP contribution in [0.3, 0.4) is 0 Å². The van der Waals surface area contributed by atoms with Gasteiger partial charge in [-0.25, -0.2) is 18.0 Å². The van der Waals surface area contributed by atoms with Gasteiger partial charge in [0.1, 0.15) is 11.5 Å². The zero-order chi connectivity index (χ0) is 35.6. The van der Waals surface area contributed by atoms with Gasteiger partial charge in [-0.15, -0.1) is 0 Å². The number of rotatable bonds is 9. The molecule has 1 aliphatic carbocycles. The lowest BCUT2D eigenvalue weighted by Crippen LogP contribution is -2.23. The second-order valence-electron chi connectivity index (χ2n) is 10.4. The Balaban J connectivity index is 0.000000223. The van der Waals surface area contributed by atoms with Crippen LogP contribution < -0.4 is 4.74 Å². The summed E-state index contributed by atoms with van der Waals surface area (Å²) in [6, 6.07) is 10.5. The third kappa shape index (κ3) is 9.07. The Kier molecular flexibility index (Phi) is 11.1. The number of carbonyl (C=O) groups is 3. The van der Waals surface area contributed by atoms with Gasteiger partial charge < -0.3 is 19.1 Å². The fraction of sp³-hybridized carbons (Fsp3) is 0.226. The van der Waals surface area contributed by atoms with E-state index in [1.54, 1.807) is 0 Å². The number of aliphatic carboxylic acids is 1. The minimum atomic E-state index is -4.56. The van der Waals surface area contributed by atoms with Crippen molar-refractivity contribution in [2.75, 3.05) is 6.26 Å². The number of alkyl halides is 3. The first kappa shape index (κ1) is 36.7. The number of carbonyl (C=O) groups excluding carboxylic acids is 2. The molecule has 0 bridgehead atoms. The summed E-state index contributed by atoms with van der Waals surface area (Å²) in [7, 11) is -3.57. The number of benzene rings is 3. The Morgan fingerprint density at radius 2 is 1.65 bits per heavy atom. The molecule has 0 radical (unpaired) electrons. The van der Waals surface area contributed by atoms with Crippen molar-refractivity contribution in [3.05, 3.63) is 104 Å². The first-order valence-corrected chi connectivity index (χ1v) is 16.7. The third-order valence-electron chi connectivity index (χ3n) is 6.66. The van der Waals surface area contributed by atoms with Gasteiger partial charge in [0.25, 0.3) is 0 Å². The van der Waals surface area contributed by atoms with Crippen LogP contribution in [0.2, 0.25) is 15.1 Å². The van der Waals surface area contributed by atoms with Gasteiger partial charge in [-0.3, -0.25) is 4.79 Å². The molecule has 17 heteroatoms. The van der Waals surface area contributed by atoms with Crippen molar-refractivity contribution in [2.24, 2.45) is 0 Å². The van der Waals surface area contributed by atoms with Gasteiger partial charge in [-0.1, -0.05) is 40.0 Å². The Hall–Kier alpha value is -4.11. The summed E-state index contributed by atoms with van der Waals surface area (Å²) in [5.41, 5.74) is -0.704. The van der Waals surface area contributed by atoms with E-state index in [0.717, 1.165) is 44.2 Å². The predicted molar refractivity (Wildman–Crippen MR) is 167 cm³/mol. The summed E-state index contributed by atoms with van der Waals surface area (Å²) in [6.07, 6.45) is -1.66. The highest BCUT2D eigenvalue weighted by molar-refractivity contribution is 7.90. The topological polar surface area (TPSA) is 150 Å². The number of hydrogen-bond donors (Lipinski definition) is 1. The molecule has 0 unspecified atom stereocenters. The molecule has 1 heterocycles. The van der Waals surface area contributed by atoms with Gasteiger partial charge in [-0.2, -0.15) is 13.2 Å². The van der Waals surface area contributed by atoms with E-state index >= 15 is 0 Å². The maximum absolute atomic E-state index is 12.7. The van der Waals surface area contributed by atoms with Crippen LogP contribution in [0.5, 0.6) is 11.5 Å². The third-order valence-corrected chi connectivity index (χ3v) is 8.65. The molecule has 5 rings (SSSR count). The van der Waals surface area contributed by atoms with E-state index in [-0.39, 0.29) is 48.5 Å². The number of hydrogen-bond acceptors (Lipinski definition) is 9. The predicted octanol–water partition coefficient (Wildman–Crippen LogP) is 8.27. The first-order valence-electron chi connectivity index (χ1n) is 13.6. The van der Waals surface area contributed by atoms with Crippen LogP contribution in [0, 0.1) is 0 Å². The van der Waals surface area contributed by atoms with Crippen molar-refractivity contribution >= 4 is 62.4 Å². The minimum absolute atomic E-state index is 0.0246. The molecule has 3 aromatic carbocycles. The minimum Gasteiger partial charge on any atom is -0.479 e. The molecule has 254 valence electrons. The van der Waals surface area contributed by atoms with Crippen molar-refractivity contribution in [1.29, 1.82) is 0 Å². The van der Waals surface area contributed by atoms with Gasteiger partial charge in [0.2, 0.25) is 0 Å². The molecule has 10 nitrogen and oxygen atoms in total. The van der Waals surface area contributed by atoms with Crippen LogP contribution in [0.4, 0.5) is 13.2 Å². The second-order valence-corrected chi connectivity index (χ2v) is 13.6. The number of esters is 1. The first-order chi connectivity index (χ1) is 22.4. The van der Waals surface area contributed by atoms with Crippen LogP contribution in [-0.2, 0) is 25.5 Å². The number of sulfone groups is 1. The van der Waals surface area contributed by atoms with Gasteiger partial charge >= 0.3 is 18.1 Å². The van der Waals surface area contributed by atoms with Crippen molar-refractivity contribution < 1.29 is 55.1 Å². The quantitative estimate of drug-likeness (QED) is 0.131. The van der Waals surface area contributed by atoms with Crippen LogP contribution in [0.25, 0.3) is 0 Å². The highest BCUT2D eigenvalue weighted by atomic mass is 35.5.